The third kappa shape index (κ3) is 5.93. The molecule has 9 heteroatoms. The van der Waals surface area contributed by atoms with Crippen LogP contribution in [0.25, 0.3) is 0 Å². The maximum absolute atomic E-state index is 14.9. The van der Waals surface area contributed by atoms with Crippen molar-refractivity contribution in [2.24, 2.45) is 0 Å². The maximum Gasteiger partial charge on any atom is 0.265 e. The number of piperidine rings is 1. The molecule has 0 radical (unpaired) electrons. The van der Waals surface area contributed by atoms with Gasteiger partial charge in [0.15, 0.2) is 0 Å². The van der Waals surface area contributed by atoms with Crippen molar-refractivity contribution in [3.8, 4) is 5.75 Å². The topological polar surface area (TPSA) is 58.6 Å². The molecule has 1 amide bonds. The Morgan fingerprint density at radius 3 is 2.32 bits per heavy atom. The number of nitrogens with zero attached hydrogens (tertiary/aromatic N) is 1. The molecule has 5 rings (SSSR count). The van der Waals surface area contributed by atoms with Gasteiger partial charge in [0.1, 0.15) is 28.7 Å². The third-order valence-corrected chi connectivity index (χ3v) is 8.48. The molecule has 2 saturated carbocycles. The highest BCUT2D eigenvalue weighted by atomic mass is 35.5. The molecule has 3 fully saturated rings. The molecule has 2 aromatic rings. The fourth-order valence-electron chi connectivity index (χ4n) is 4.44. The number of amides is 1. The Kier molecular flexibility index (Phi) is 7.17. The predicted octanol–water partition coefficient (Wildman–Crippen LogP) is 5.61. The molecule has 182 valence electrons. The van der Waals surface area contributed by atoms with Crippen molar-refractivity contribution in [2.45, 2.75) is 62.3 Å². The van der Waals surface area contributed by atoms with Gasteiger partial charge in [-0.3, -0.25) is 14.4 Å². The fourth-order valence-corrected chi connectivity index (χ4v) is 5.97. The van der Waals surface area contributed by atoms with E-state index in [0.29, 0.717) is 28.3 Å². The minimum atomic E-state index is -1.43. The molecular formula is C25H27Cl2FN2O3S. The van der Waals surface area contributed by atoms with E-state index in [1.54, 1.807) is 24.3 Å². The van der Waals surface area contributed by atoms with E-state index in [4.69, 9.17) is 27.9 Å². The van der Waals surface area contributed by atoms with Gasteiger partial charge < -0.3 is 4.74 Å². The quantitative estimate of drug-likeness (QED) is 0.487. The number of nitrogens with one attached hydrogen (secondary N) is 1. The zero-order valence-corrected chi connectivity index (χ0v) is 21.0. The summed E-state index contributed by atoms with van der Waals surface area (Å²) in [5.74, 6) is -0.105. The number of rotatable bonds is 8. The number of hydrogen-bond acceptors (Lipinski definition) is 4. The lowest BCUT2D eigenvalue weighted by atomic mass is 9.97. The first-order valence-corrected chi connectivity index (χ1v) is 13.7. The number of carbonyl (C=O) groups is 1. The average molecular weight is 525 g/mol. The Balaban J connectivity index is 1.22. The van der Waals surface area contributed by atoms with Gasteiger partial charge in [0.2, 0.25) is 0 Å². The minimum Gasteiger partial charge on any atom is -0.490 e. The number of carbonyl (C=O) groups excluding carboxylic acids is 1. The summed E-state index contributed by atoms with van der Waals surface area (Å²) in [5, 5.41) is 1.10. The molecule has 0 spiro atoms. The van der Waals surface area contributed by atoms with Crippen molar-refractivity contribution >= 4 is 40.1 Å². The van der Waals surface area contributed by atoms with E-state index < -0.39 is 22.7 Å². The lowest BCUT2D eigenvalue weighted by Gasteiger charge is -2.32. The molecule has 1 N–H and O–H groups in total. The van der Waals surface area contributed by atoms with Crippen LogP contribution < -0.4 is 9.46 Å². The molecular weight excluding hydrogens is 498 g/mol. The Labute approximate surface area is 211 Å². The maximum atomic E-state index is 14.9. The number of ether oxygens (including phenoxy) is 1. The van der Waals surface area contributed by atoms with Gasteiger partial charge in [-0.25, -0.2) is 8.60 Å². The van der Waals surface area contributed by atoms with E-state index >= 15 is 0 Å². The molecule has 2 aromatic carbocycles. The van der Waals surface area contributed by atoms with Crippen LogP contribution in [0.3, 0.4) is 0 Å². The highest BCUT2D eigenvalue weighted by Crippen LogP contribution is 2.43. The first-order valence-electron chi connectivity index (χ1n) is 11.7. The summed E-state index contributed by atoms with van der Waals surface area (Å²) >= 11 is 12.1. The summed E-state index contributed by atoms with van der Waals surface area (Å²) in [4.78, 5) is 14.8. The summed E-state index contributed by atoms with van der Waals surface area (Å²) in [7, 11) is -1.43. The van der Waals surface area contributed by atoms with Gasteiger partial charge in [0.05, 0.1) is 10.8 Å². The minimum absolute atomic E-state index is 0.00746. The standard InChI is InChI=1S/C25H27Cl2FN2O3S/c26-17-10-18(27)12-20(11-17)33-19-5-7-30(8-6-19)14-16-9-24(28)23(13-22(16)15-1-2-15)25(31)29-34(32)21-3-4-21/h9-13,15,19,21H,1-8,14H2,(H,29,31). The van der Waals surface area contributed by atoms with Crippen LogP contribution in [0.15, 0.2) is 30.3 Å². The van der Waals surface area contributed by atoms with Gasteiger partial charge in [-0.15, -0.1) is 0 Å². The lowest BCUT2D eigenvalue weighted by molar-refractivity contribution is 0.0961. The van der Waals surface area contributed by atoms with Crippen LogP contribution in [0.4, 0.5) is 4.39 Å². The Bertz CT molecular complexity index is 1100. The van der Waals surface area contributed by atoms with Crippen LogP contribution >= 0.6 is 23.2 Å². The van der Waals surface area contributed by atoms with Crippen LogP contribution in [0.2, 0.25) is 10.0 Å². The molecule has 2 aliphatic carbocycles. The molecule has 1 heterocycles. The van der Waals surface area contributed by atoms with Gasteiger partial charge in [0, 0.05) is 29.7 Å². The summed E-state index contributed by atoms with van der Waals surface area (Å²) in [6.07, 6.45) is 5.55. The number of benzene rings is 2. The fraction of sp³-hybridized carbons (Fsp3) is 0.480. The smallest absolute Gasteiger partial charge is 0.265 e. The van der Waals surface area contributed by atoms with E-state index in [1.165, 1.54) is 6.07 Å². The van der Waals surface area contributed by atoms with E-state index in [9.17, 15) is 13.4 Å². The molecule has 1 unspecified atom stereocenters. The van der Waals surface area contributed by atoms with E-state index in [0.717, 1.165) is 62.7 Å². The first-order chi connectivity index (χ1) is 16.4. The highest BCUT2D eigenvalue weighted by Gasteiger charge is 2.32. The van der Waals surface area contributed by atoms with Crippen molar-refractivity contribution in [1.29, 1.82) is 0 Å². The molecule has 0 bridgehead atoms. The largest absolute Gasteiger partial charge is 0.490 e. The molecule has 1 aliphatic heterocycles. The van der Waals surface area contributed by atoms with Gasteiger partial charge in [-0.1, -0.05) is 23.2 Å². The lowest BCUT2D eigenvalue weighted by Crippen LogP contribution is -2.38. The molecule has 3 aliphatic rings. The zero-order valence-electron chi connectivity index (χ0n) is 18.7. The van der Waals surface area contributed by atoms with Crippen LogP contribution in [0, 0.1) is 5.82 Å². The van der Waals surface area contributed by atoms with Crippen molar-refractivity contribution in [2.75, 3.05) is 13.1 Å². The molecule has 1 saturated heterocycles. The van der Waals surface area contributed by atoms with E-state index in [1.807, 2.05) is 0 Å². The predicted molar refractivity (Wildman–Crippen MR) is 132 cm³/mol. The van der Waals surface area contributed by atoms with Crippen molar-refractivity contribution in [3.63, 3.8) is 0 Å². The van der Waals surface area contributed by atoms with Gasteiger partial charge in [-0.2, -0.15) is 0 Å². The summed E-state index contributed by atoms with van der Waals surface area (Å²) < 4.78 is 35.5. The van der Waals surface area contributed by atoms with Gasteiger partial charge in [0.25, 0.3) is 5.91 Å². The van der Waals surface area contributed by atoms with Crippen LogP contribution in [0.1, 0.15) is 65.9 Å². The van der Waals surface area contributed by atoms with Crippen LogP contribution in [0.5, 0.6) is 5.75 Å². The van der Waals surface area contributed by atoms with Crippen molar-refractivity contribution in [3.05, 3.63) is 62.9 Å². The summed E-state index contributed by atoms with van der Waals surface area (Å²) in [6.45, 7) is 2.29. The molecule has 5 nitrogen and oxygen atoms in total. The van der Waals surface area contributed by atoms with Crippen molar-refractivity contribution < 1.29 is 18.1 Å². The van der Waals surface area contributed by atoms with Crippen molar-refractivity contribution in [1.82, 2.24) is 9.62 Å². The summed E-state index contributed by atoms with van der Waals surface area (Å²) in [5.41, 5.74) is 1.96. The average Bonchev–Trinajstić information content (AvgIpc) is 3.68. The number of likely N-dealkylation sites (tertiary alicyclic amines) is 1. The highest BCUT2D eigenvalue weighted by molar-refractivity contribution is 7.84. The second kappa shape index (κ2) is 10.1. The van der Waals surface area contributed by atoms with Crippen LogP contribution in [-0.2, 0) is 17.5 Å². The second-order valence-corrected chi connectivity index (χ2v) is 11.8. The number of hydrogen-bond donors (Lipinski definition) is 1. The van der Waals surface area contributed by atoms with E-state index in [-0.39, 0.29) is 16.9 Å². The van der Waals surface area contributed by atoms with Gasteiger partial charge in [-0.05, 0) is 85.9 Å². The summed E-state index contributed by atoms with van der Waals surface area (Å²) in [6, 6.07) is 8.39. The normalized spacial score (nSPS) is 20.2. The molecule has 34 heavy (non-hydrogen) atoms. The third-order valence-electron chi connectivity index (χ3n) is 6.58. The first kappa shape index (κ1) is 24.0. The number of halogens is 3. The Morgan fingerprint density at radius 2 is 1.71 bits per heavy atom. The molecule has 0 aromatic heterocycles. The SMILES string of the molecule is O=C(NS(=O)C1CC1)c1cc(C2CC2)c(CN2CCC(Oc3cc(Cl)cc(Cl)c3)CC2)cc1F. The van der Waals surface area contributed by atoms with E-state index in [2.05, 4.69) is 9.62 Å². The monoisotopic (exact) mass is 524 g/mol. The van der Waals surface area contributed by atoms with Crippen LogP contribution in [-0.4, -0.2) is 39.5 Å². The second-order valence-electron chi connectivity index (χ2n) is 9.43. The Hall–Kier alpha value is -1.67. The Morgan fingerprint density at radius 1 is 1.03 bits per heavy atom. The van der Waals surface area contributed by atoms with Gasteiger partial charge >= 0.3 is 0 Å². The zero-order chi connectivity index (χ0) is 23.8. The molecule has 1 atom stereocenters.